The topological polar surface area (TPSA) is 81.0 Å². The minimum Gasteiger partial charge on any atom is -0.390 e. The van der Waals surface area contributed by atoms with Crippen molar-refractivity contribution in [1.82, 2.24) is 4.90 Å². The maximum Gasteiger partial charge on any atom is 0.159 e. The number of ketones is 1. The normalized spacial score (nSPS) is 51.8. The van der Waals surface area contributed by atoms with Crippen molar-refractivity contribution in [2.75, 3.05) is 7.05 Å². The van der Waals surface area contributed by atoms with Crippen LogP contribution in [0.4, 0.5) is 0 Å². The molecule has 0 radical (unpaired) electrons. The Balaban J connectivity index is 1.51. The minimum absolute atomic E-state index is 0.0407. The van der Waals surface area contributed by atoms with E-state index in [4.69, 9.17) is 0 Å². The molecule has 168 valence electrons. The van der Waals surface area contributed by atoms with Crippen LogP contribution in [0.3, 0.4) is 0 Å². The lowest BCUT2D eigenvalue weighted by Crippen LogP contribution is -2.61. The summed E-state index contributed by atoms with van der Waals surface area (Å²) in [6.45, 7) is 6.70. The average Bonchev–Trinajstić information content (AvgIpc) is 3.48. The number of hydrogen-bond donors (Lipinski definition) is 3. The predicted octanol–water partition coefficient (Wildman–Crippen LogP) is 2.67. The van der Waals surface area contributed by atoms with Gasteiger partial charge in [-0.1, -0.05) is 13.8 Å². The monoisotopic (exact) mass is 417 g/mol. The van der Waals surface area contributed by atoms with Gasteiger partial charge in [0.1, 0.15) is 0 Å². The van der Waals surface area contributed by atoms with Crippen molar-refractivity contribution in [1.29, 1.82) is 0 Å². The summed E-state index contributed by atoms with van der Waals surface area (Å²) in [7, 11) is 2.23. The Hall–Kier alpha value is -0.750. The van der Waals surface area contributed by atoms with Gasteiger partial charge in [0, 0.05) is 23.4 Å². The molecule has 5 nitrogen and oxygen atoms in total. The van der Waals surface area contributed by atoms with E-state index in [1.807, 2.05) is 0 Å². The minimum atomic E-state index is -0.941. The molecule has 0 aromatic heterocycles. The highest BCUT2D eigenvalue weighted by Crippen LogP contribution is 2.67. The molecule has 0 aliphatic heterocycles. The molecule has 0 saturated heterocycles. The summed E-state index contributed by atoms with van der Waals surface area (Å²) in [4.78, 5) is 15.7. The van der Waals surface area contributed by atoms with Gasteiger partial charge in [-0.05, 0) is 94.2 Å². The Labute approximate surface area is 180 Å². The molecule has 4 saturated carbocycles. The molecule has 5 rings (SSSR count). The lowest BCUT2D eigenvalue weighted by molar-refractivity contribution is -0.153. The second-order valence-corrected chi connectivity index (χ2v) is 11.8. The first-order valence-electron chi connectivity index (χ1n) is 12.1. The van der Waals surface area contributed by atoms with Crippen LogP contribution in [0, 0.1) is 28.6 Å². The summed E-state index contributed by atoms with van der Waals surface area (Å²) < 4.78 is 0. The summed E-state index contributed by atoms with van der Waals surface area (Å²) in [6, 6.07) is 1.11. The molecule has 5 aliphatic carbocycles. The zero-order valence-electron chi connectivity index (χ0n) is 19.0. The van der Waals surface area contributed by atoms with E-state index in [1.54, 1.807) is 6.08 Å². The van der Waals surface area contributed by atoms with Crippen molar-refractivity contribution >= 4 is 5.78 Å². The molecule has 4 fully saturated rings. The third-order valence-electron chi connectivity index (χ3n) is 10.5. The summed E-state index contributed by atoms with van der Waals surface area (Å²) in [6.07, 6.45) is 7.09. The molecule has 30 heavy (non-hydrogen) atoms. The van der Waals surface area contributed by atoms with Gasteiger partial charge >= 0.3 is 0 Å². The van der Waals surface area contributed by atoms with Gasteiger partial charge in [0.05, 0.1) is 17.8 Å². The number of hydrogen-bond acceptors (Lipinski definition) is 5. The van der Waals surface area contributed by atoms with Gasteiger partial charge in [-0.15, -0.1) is 0 Å². The molecule has 5 heteroatoms. The Morgan fingerprint density at radius 1 is 1.07 bits per heavy atom. The average molecular weight is 418 g/mol. The van der Waals surface area contributed by atoms with Crippen molar-refractivity contribution < 1.29 is 20.1 Å². The summed E-state index contributed by atoms with van der Waals surface area (Å²) >= 11 is 0. The number of nitrogens with zero attached hydrogens (tertiary/aromatic N) is 1. The van der Waals surface area contributed by atoms with Crippen LogP contribution in [-0.2, 0) is 4.79 Å². The quantitative estimate of drug-likeness (QED) is 0.658. The molecule has 8 unspecified atom stereocenters. The molecular weight excluding hydrogens is 378 g/mol. The van der Waals surface area contributed by atoms with Gasteiger partial charge in [0.2, 0.25) is 0 Å². The fraction of sp³-hybridized carbons (Fsp3) is 0.880. The fourth-order valence-electron chi connectivity index (χ4n) is 8.28. The van der Waals surface area contributed by atoms with Crippen molar-refractivity contribution in [2.24, 2.45) is 28.6 Å². The van der Waals surface area contributed by atoms with E-state index in [9.17, 15) is 20.1 Å². The zero-order chi connectivity index (χ0) is 21.6. The number of allylic oxidation sites excluding steroid dienone is 1. The molecule has 0 bridgehead atoms. The van der Waals surface area contributed by atoms with Gasteiger partial charge in [-0.3, -0.25) is 4.79 Å². The molecule has 0 spiro atoms. The third kappa shape index (κ3) is 2.65. The summed E-state index contributed by atoms with van der Waals surface area (Å²) in [5.74, 6) is 0.304. The molecule has 5 aliphatic rings. The SMILES string of the molecule is CC(C1CC[C@@]2(O)C3=CC(=O)C4CC(O)C(O)CC4(C)C3CCC12C)N(C)C1CC1. The maximum absolute atomic E-state index is 13.2. The van der Waals surface area contributed by atoms with Crippen LogP contribution < -0.4 is 0 Å². The van der Waals surface area contributed by atoms with E-state index < -0.39 is 17.8 Å². The molecular formula is C25H39NO4. The van der Waals surface area contributed by atoms with Gasteiger partial charge in [0.15, 0.2) is 5.78 Å². The van der Waals surface area contributed by atoms with Crippen molar-refractivity contribution in [3.8, 4) is 0 Å². The van der Waals surface area contributed by atoms with E-state index in [2.05, 4.69) is 32.7 Å². The first-order valence-corrected chi connectivity index (χ1v) is 12.1. The van der Waals surface area contributed by atoms with Crippen LogP contribution in [0.15, 0.2) is 11.6 Å². The van der Waals surface area contributed by atoms with Crippen LogP contribution in [0.1, 0.15) is 72.1 Å². The first kappa shape index (κ1) is 21.1. The summed E-state index contributed by atoms with van der Waals surface area (Å²) in [5, 5.41) is 32.9. The number of carbonyl (C=O) groups is 1. The second-order valence-electron chi connectivity index (χ2n) is 11.8. The van der Waals surface area contributed by atoms with E-state index in [0.29, 0.717) is 30.8 Å². The Morgan fingerprint density at radius 3 is 2.43 bits per heavy atom. The van der Waals surface area contributed by atoms with E-state index in [1.165, 1.54) is 12.8 Å². The third-order valence-corrected chi connectivity index (χ3v) is 10.5. The molecule has 9 atom stereocenters. The molecule has 3 N–H and O–H groups in total. The molecule has 0 aromatic rings. The van der Waals surface area contributed by atoms with Gasteiger partial charge in [-0.2, -0.15) is 0 Å². The van der Waals surface area contributed by atoms with Gasteiger partial charge in [-0.25, -0.2) is 0 Å². The van der Waals surface area contributed by atoms with Crippen LogP contribution in [0.25, 0.3) is 0 Å². The van der Waals surface area contributed by atoms with Crippen LogP contribution in [-0.4, -0.2) is 62.9 Å². The smallest absolute Gasteiger partial charge is 0.159 e. The van der Waals surface area contributed by atoms with Crippen molar-refractivity contribution in [3.05, 3.63) is 11.6 Å². The lowest BCUT2D eigenvalue weighted by Gasteiger charge is -2.60. The Bertz CT molecular complexity index is 777. The second kappa shape index (κ2) is 6.63. The number of rotatable bonds is 3. The van der Waals surface area contributed by atoms with Crippen LogP contribution in [0.2, 0.25) is 0 Å². The molecule has 0 aromatic carbocycles. The van der Waals surface area contributed by atoms with Crippen LogP contribution in [0.5, 0.6) is 0 Å². The fourth-order valence-corrected chi connectivity index (χ4v) is 8.28. The maximum atomic E-state index is 13.2. The Morgan fingerprint density at radius 2 is 1.77 bits per heavy atom. The van der Waals surface area contributed by atoms with Crippen molar-refractivity contribution in [2.45, 2.75) is 102 Å². The first-order chi connectivity index (χ1) is 14.0. The van der Waals surface area contributed by atoms with Gasteiger partial charge in [0.25, 0.3) is 0 Å². The Kier molecular flexibility index (Phi) is 4.67. The lowest BCUT2D eigenvalue weighted by atomic mass is 9.46. The highest BCUT2D eigenvalue weighted by Gasteiger charge is 2.67. The molecule has 0 amide bonds. The highest BCUT2D eigenvalue weighted by atomic mass is 16.3. The van der Waals surface area contributed by atoms with E-state index in [0.717, 1.165) is 31.3 Å². The number of fused-ring (bicyclic) bond motifs is 5. The zero-order valence-corrected chi connectivity index (χ0v) is 19.0. The predicted molar refractivity (Wildman–Crippen MR) is 115 cm³/mol. The van der Waals surface area contributed by atoms with E-state index >= 15 is 0 Å². The number of carbonyl (C=O) groups excluding carboxylic acids is 1. The summed E-state index contributed by atoms with van der Waals surface area (Å²) in [5.41, 5.74) is -0.615. The largest absolute Gasteiger partial charge is 0.390 e. The van der Waals surface area contributed by atoms with Crippen LogP contribution >= 0.6 is 0 Å². The highest BCUT2D eigenvalue weighted by molar-refractivity contribution is 5.95. The van der Waals surface area contributed by atoms with E-state index in [-0.39, 0.29) is 28.4 Å². The molecule has 0 heterocycles. The van der Waals surface area contributed by atoms with Crippen molar-refractivity contribution in [3.63, 3.8) is 0 Å². The van der Waals surface area contributed by atoms with Gasteiger partial charge < -0.3 is 20.2 Å². The number of aliphatic hydroxyl groups excluding tert-OH is 2. The number of aliphatic hydroxyl groups is 3. The standard InChI is InChI=1S/C25H39NO4/c1-14(26(4)15-5-6-15)16-8-10-25(30)18-11-20(27)19-12-21(28)22(29)13-23(19,2)17(18)7-9-24(16,25)3/h11,14-17,19,21-22,28-30H,5-10,12-13H2,1-4H3/t14?,16?,17?,19?,21?,22?,23?,24?,25-/m1/s1.